The van der Waals surface area contributed by atoms with Crippen LogP contribution in [0.15, 0.2) is 55.0 Å². The third-order valence-electron chi connectivity index (χ3n) is 2.31. The monoisotopic (exact) mass is 195 g/mol. The van der Waals surface area contributed by atoms with E-state index in [0.29, 0.717) is 5.95 Å². The molecule has 2 heterocycles. The Balaban J connectivity index is 2.22. The van der Waals surface area contributed by atoms with Gasteiger partial charge in [0, 0.05) is 24.0 Å². The number of benzene rings is 1. The second-order valence-electron chi connectivity index (χ2n) is 3.32. The molecule has 0 amide bonds. The smallest absolute Gasteiger partial charge is 0.234 e. The lowest BCUT2D eigenvalue weighted by Crippen LogP contribution is -1.97. The molecule has 72 valence electrons. The minimum Gasteiger partial charge on any atom is -0.293 e. The third-order valence-corrected chi connectivity index (χ3v) is 2.31. The Morgan fingerprint density at radius 2 is 1.73 bits per heavy atom. The zero-order valence-corrected chi connectivity index (χ0v) is 8.04. The maximum atomic E-state index is 4.47. The Morgan fingerprint density at radius 3 is 2.60 bits per heavy atom. The van der Waals surface area contributed by atoms with Crippen LogP contribution in [0.2, 0.25) is 0 Å². The molecule has 0 N–H and O–H groups in total. The van der Waals surface area contributed by atoms with Crippen molar-refractivity contribution in [2.75, 3.05) is 0 Å². The van der Waals surface area contributed by atoms with E-state index >= 15 is 0 Å². The van der Waals surface area contributed by atoms with Gasteiger partial charge in [-0.25, -0.2) is 9.97 Å². The topological polar surface area (TPSA) is 30.7 Å². The molecule has 0 aliphatic rings. The normalized spacial score (nSPS) is 10.7. The molecule has 0 radical (unpaired) electrons. The standard InChI is InChI=1S/C12H9N3/c1-2-6-11-10(5-1)9-13-12(14-11)15-7-3-4-8-15/h1-9H. The molecule has 0 saturated carbocycles. The van der Waals surface area contributed by atoms with E-state index in [1.165, 1.54) is 0 Å². The van der Waals surface area contributed by atoms with Gasteiger partial charge in [-0.2, -0.15) is 0 Å². The van der Waals surface area contributed by atoms with Gasteiger partial charge >= 0.3 is 0 Å². The second-order valence-corrected chi connectivity index (χ2v) is 3.32. The molecule has 15 heavy (non-hydrogen) atoms. The highest BCUT2D eigenvalue weighted by Gasteiger charge is 1.99. The molecule has 0 fully saturated rings. The fourth-order valence-electron chi connectivity index (χ4n) is 1.55. The van der Waals surface area contributed by atoms with Crippen LogP contribution in [0.3, 0.4) is 0 Å². The van der Waals surface area contributed by atoms with Gasteiger partial charge in [0.15, 0.2) is 0 Å². The van der Waals surface area contributed by atoms with E-state index in [4.69, 9.17) is 0 Å². The van der Waals surface area contributed by atoms with Gasteiger partial charge in [0.05, 0.1) is 5.52 Å². The summed E-state index contributed by atoms with van der Waals surface area (Å²) in [4.78, 5) is 8.77. The molecule has 0 atom stereocenters. The number of nitrogens with zero attached hydrogens (tertiary/aromatic N) is 3. The van der Waals surface area contributed by atoms with Gasteiger partial charge in [0.2, 0.25) is 5.95 Å². The summed E-state index contributed by atoms with van der Waals surface area (Å²) in [6, 6.07) is 11.9. The molecular weight excluding hydrogens is 186 g/mol. The van der Waals surface area contributed by atoms with Gasteiger partial charge < -0.3 is 0 Å². The molecule has 3 aromatic rings. The molecule has 0 saturated heterocycles. The summed E-state index contributed by atoms with van der Waals surface area (Å²) in [6.45, 7) is 0. The van der Waals surface area contributed by atoms with Crippen molar-refractivity contribution in [1.82, 2.24) is 14.5 Å². The lowest BCUT2D eigenvalue weighted by molar-refractivity contribution is 0.952. The van der Waals surface area contributed by atoms with E-state index in [9.17, 15) is 0 Å². The molecular formula is C12H9N3. The second kappa shape index (κ2) is 3.20. The van der Waals surface area contributed by atoms with Crippen LogP contribution in [0.5, 0.6) is 0 Å². The molecule has 3 rings (SSSR count). The lowest BCUT2D eigenvalue weighted by atomic mass is 10.2. The van der Waals surface area contributed by atoms with Gasteiger partial charge in [0.1, 0.15) is 0 Å². The van der Waals surface area contributed by atoms with Gasteiger partial charge in [-0.1, -0.05) is 18.2 Å². The van der Waals surface area contributed by atoms with Crippen molar-refractivity contribution >= 4 is 10.9 Å². The van der Waals surface area contributed by atoms with Crippen LogP contribution in [0.4, 0.5) is 0 Å². The average molecular weight is 195 g/mol. The number of para-hydroxylation sites is 1. The van der Waals surface area contributed by atoms with Crippen molar-refractivity contribution in [3.05, 3.63) is 55.0 Å². The van der Waals surface area contributed by atoms with Crippen molar-refractivity contribution in [2.45, 2.75) is 0 Å². The van der Waals surface area contributed by atoms with Crippen LogP contribution in [0, 0.1) is 0 Å². The molecule has 0 bridgehead atoms. The van der Waals surface area contributed by atoms with Gasteiger partial charge in [-0.05, 0) is 18.2 Å². The first kappa shape index (κ1) is 8.17. The largest absolute Gasteiger partial charge is 0.293 e. The molecule has 2 aromatic heterocycles. The number of fused-ring (bicyclic) bond motifs is 1. The highest BCUT2D eigenvalue weighted by molar-refractivity contribution is 5.77. The Labute approximate surface area is 87.0 Å². The van der Waals surface area contributed by atoms with Crippen LogP contribution in [0.1, 0.15) is 0 Å². The zero-order valence-electron chi connectivity index (χ0n) is 8.04. The zero-order chi connectivity index (χ0) is 10.1. The maximum absolute atomic E-state index is 4.47. The number of aromatic nitrogens is 3. The van der Waals surface area contributed by atoms with E-state index in [1.807, 2.05) is 59.6 Å². The minimum atomic E-state index is 0.707. The molecule has 0 spiro atoms. The number of rotatable bonds is 1. The van der Waals surface area contributed by atoms with Crippen molar-refractivity contribution in [3.8, 4) is 5.95 Å². The first-order chi connectivity index (χ1) is 7.43. The van der Waals surface area contributed by atoms with E-state index in [2.05, 4.69) is 9.97 Å². The van der Waals surface area contributed by atoms with Crippen molar-refractivity contribution < 1.29 is 0 Å². The Morgan fingerprint density at radius 1 is 0.933 bits per heavy atom. The van der Waals surface area contributed by atoms with Crippen LogP contribution in [-0.4, -0.2) is 14.5 Å². The predicted octanol–water partition coefficient (Wildman–Crippen LogP) is 2.42. The van der Waals surface area contributed by atoms with Gasteiger partial charge in [-0.3, -0.25) is 4.57 Å². The van der Waals surface area contributed by atoms with E-state index in [-0.39, 0.29) is 0 Å². The fraction of sp³-hybridized carbons (Fsp3) is 0. The molecule has 0 aliphatic heterocycles. The SMILES string of the molecule is c1ccc2nc(-n3cccc3)ncc2c1. The fourth-order valence-corrected chi connectivity index (χ4v) is 1.55. The third kappa shape index (κ3) is 1.38. The highest BCUT2D eigenvalue weighted by atomic mass is 15.1. The summed E-state index contributed by atoms with van der Waals surface area (Å²) in [5.41, 5.74) is 0.969. The van der Waals surface area contributed by atoms with Crippen LogP contribution >= 0.6 is 0 Å². The maximum Gasteiger partial charge on any atom is 0.234 e. The summed E-state index contributed by atoms with van der Waals surface area (Å²) >= 11 is 0. The number of hydrogen-bond acceptors (Lipinski definition) is 2. The van der Waals surface area contributed by atoms with Gasteiger partial charge in [0.25, 0.3) is 0 Å². The summed E-state index contributed by atoms with van der Waals surface area (Å²) in [6.07, 6.45) is 5.71. The Bertz CT molecular complexity index is 585. The molecule has 1 aromatic carbocycles. The van der Waals surface area contributed by atoms with E-state index in [1.54, 1.807) is 0 Å². The molecule has 3 nitrogen and oxygen atoms in total. The molecule has 0 aliphatic carbocycles. The quantitative estimate of drug-likeness (QED) is 0.597. The van der Waals surface area contributed by atoms with Gasteiger partial charge in [-0.15, -0.1) is 0 Å². The predicted molar refractivity (Wildman–Crippen MR) is 58.9 cm³/mol. The Kier molecular flexibility index (Phi) is 1.75. The van der Waals surface area contributed by atoms with Crippen LogP contribution in [-0.2, 0) is 0 Å². The summed E-state index contributed by atoms with van der Waals surface area (Å²) < 4.78 is 1.90. The van der Waals surface area contributed by atoms with E-state index < -0.39 is 0 Å². The summed E-state index contributed by atoms with van der Waals surface area (Å²) in [7, 11) is 0. The van der Waals surface area contributed by atoms with Crippen LogP contribution in [0.25, 0.3) is 16.9 Å². The molecule has 3 heteroatoms. The van der Waals surface area contributed by atoms with E-state index in [0.717, 1.165) is 10.9 Å². The minimum absolute atomic E-state index is 0.707. The van der Waals surface area contributed by atoms with Crippen LogP contribution < -0.4 is 0 Å². The first-order valence-electron chi connectivity index (χ1n) is 4.79. The van der Waals surface area contributed by atoms with Crippen molar-refractivity contribution in [3.63, 3.8) is 0 Å². The number of hydrogen-bond donors (Lipinski definition) is 0. The van der Waals surface area contributed by atoms with Crippen molar-refractivity contribution in [1.29, 1.82) is 0 Å². The first-order valence-corrected chi connectivity index (χ1v) is 4.79. The summed E-state index contributed by atoms with van der Waals surface area (Å²) in [5, 5.41) is 1.06. The average Bonchev–Trinajstić information content (AvgIpc) is 2.82. The molecule has 0 unspecified atom stereocenters. The highest BCUT2D eigenvalue weighted by Crippen LogP contribution is 2.11. The Hall–Kier alpha value is -2.16. The van der Waals surface area contributed by atoms with Crippen molar-refractivity contribution in [2.24, 2.45) is 0 Å². The lowest BCUT2D eigenvalue weighted by Gasteiger charge is -2.01. The summed E-state index contributed by atoms with van der Waals surface area (Å²) in [5.74, 6) is 0.707.